The molecule has 1 aromatic carbocycles. The molecule has 106 valence electrons. The number of nitrogens with one attached hydrogen (secondary N) is 1. The standard InChI is InChI=1S/C13H13ClN2O4/c1-20-7-6-16-12(18)10(11(17)15-13(16)19)8-4-2-3-5-9(8)14/h2-5,18H,6-7H2,1H3,(H,15,17,19). The minimum atomic E-state index is -0.694. The summed E-state index contributed by atoms with van der Waals surface area (Å²) in [5.41, 5.74) is -1.06. The Labute approximate surface area is 119 Å². The van der Waals surface area contributed by atoms with Gasteiger partial charge in [-0.2, -0.15) is 0 Å². The molecule has 20 heavy (non-hydrogen) atoms. The lowest BCUT2D eigenvalue weighted by atomic mass is 10.1. The van der Waals surface area contributed by atoms with Crippen molar-refractivity contribution in [2.75, 3.05) is 13.7 Å². The molecule has 0 radical (unpaired) electrons. The van der Waals surface area contributed by atoms with Crippen LogP contribution < -0.4 is 11.2 Å². The van der Waals surface area contributed by atoms with Crippen molar-refractivity contribution in [1.82, 2.24) is 9.55 Å². The second kappa shape index (κ2) is 5.94. The molecule has 0 saturated heterocycles. The molecule has 0 atom stereocenters. The second-order valence-corrected chi connectivity index (χ2v) is 4.49. The van der Waals surface area contributed by atoms with Gasteiger partial charge < -0.3 is 9.84 Å². The summed E-state index contributed by atoms with van der Waals surface area (Å²) >= 11 is 6.02. The van der Waals surface area contributed by atoms with E-state index in [1.807, 2.05) is 0 Å². The molecule has 0 aliphatic carbocycles. The zero-order valence-electron chi connectivity index (χ0n) is 10.7. The van der Waals surface area contributed by atoms with E-state index in [0.29, 0.717) is 10.6 Å². The zero-order chi connectivity index (χ0) is 14.7. The highest BCUT2D eigenvalue weighted by molar-refractivity contribution is 6.33. The van der Waals surface area contributed by atoms with Crippen molar-refractivity contribution in [2.24, 2.45) is 0 Å². The molecular weight excluding hydrogens is 284 g/mol. The van der Waals surface area contributed by atoms with Gasteiger partial charge in [-0.25, -0.2) is 4.79 Å². The van der Waals surface area contributed by atoms with Crippen LogP contribution in [0.5, 0.6) is 5.88 Å². The number of H-pyrrole nitrogens is 1. The van der Waals surface area contributed by atoms with Crippen molar-refractivity contribution in [3.8, 4) is 17.0 Å². The summed E-state index contributed by atoms with van der Waals surface area (Å²) in [4.78, 5) is 25.8. The molecule has 1 aromatic heterocycles. The number of methoxy groups -OCH3 is 1. The van der Waals surface area contributed by atoms with E-state index in [2.05, 4.69) is 4.98 Å². The zero-order valence-corrected chi connectivity index (χ0v) is 11.5. The quantitative estimate of drug-likeness (QED) is 0.888. The van der Waals surface area contributed by atoms with Gasteiger partial charge in [-0.15, -0.1) is 0 Å². The number of nitrogens with zero attached hydrogens (tertiary/aromatic N) is 1. The molecule has 0 fully saturated rings. The van der Waals surface area contributed by atoms with Gasteiger partial charge in [0.2, 0.25) is 5.88 Å². The third-order valence-corrected chi connectivity index (χ3v) is 3.16. The molecule has 1 heterocycles. The Bertz CT molecular complexity index is 736. The Balaban J connectivity index is 2.68. The van der Waals surface area contributed by atoms with Gasteiger partial charge in [0, 0.05) is 17.7 Å². The minimum absolute atomic E-state index is 0.0358. The van der Waals surface area contributed by atoms with Crippen molar-refractivity contribution in [2.45, 2.75) is 6.54 Å². The van der Waals surface area contributed by atoms with E-state index in [0.717, 1.165) is 4.57 Å². The van der Waals surface area contributed by atoms with E-state index in [1.165, 1.54) is 7.11 Å². The Morgan fingerprint density at radius 2 is 2.05 bits per heavy atom. The van der Waals surface area contributed by atoms with Crippen molar-refractivity contribution in [3.05, 3.63) is 50.1 Å². The van der Waals surface area contributed by atoms with Gasteiger partial charge >= 0.3 is 5.69 Å². The van der Waals surface area contributed by atoms with Gasteiger partial charge in [-0.05, 0) is 6.07 Å². The van der Waals surface area contributed by atoms with Crippen LogP contribution in [-0.4, -0.2) is 28.4 Å². The highest BCUT2D eigenvalue weighted by Crippen LogP contribution is 2.30. The number of benzene rings is 1. The third kappa shape index (κ3) is 2.61. The maximum absolute atomic E-state index is 11.9. The maximum Gasteiger partial charge on any atom is 0.331 e. The van der Waals surface area contributed by atoms with E-state index < -0.39 is 17.1 Å². The first-order valence-electron chi connectivity index (χ1n) is 5.86. The van der Waals surface area contributed by atoms with Gasteiger partial charge in [0.05, 0.1) is 13.2 Å². The van der Waals surface area contributed by atoms with Crippen molar-refractivity contribution < 1.29 is 9.84 Å². The van der Waals surface area contributed by atoms with Crippen LogP contribution in [0, 0.1) is 0 Å². The van der Waals surface area contributed by atoms with Crippen molar-refractivity contribution >= 4 is 11.6 Å². The van der Waals surface area contributed by atoms with Crippen LogP contribution >= 0.6 is 11.6 Å². The highest BCUT2D eigenvalue weighted by atomic mass is 35.5. The molecule has 6 nitrogen and oxygen atoms in total. The maximum atomic E-state index is 11.9. The first-order valence-corrected chi connectivity index (χ1v) is 6.24. The van der Waals surface area contributed by atoms with E-state index in [1.54, 1.807) is 24.3 Å². The topological polar surface area (TPSA) is 84.3 Å². The van der Waals surface area contributed by atoms with Crippen molar-refractivity contribution in [3.63, 3.8) is 0 Å². The van der Waals surface area contributed by atoms with Crippen LogP contribution in [-0.2, 0) is 11.3 Å². The Morgan fingerprint density at radius 3 is 2.70 bits per heavy atom. The predicted molar refractivity (Wildman–Crippen MR) is 75.3 cm³/mol. The molecule has 2 rings (SSSR count). The highest BCUT2D eigenvalue weighted by Gasteiger charge is 2.17. The fourth-order valence-electron chi connectivity index (χ4n) is 1.86. The molecule has 7 heteroatoms. The van der Waals surface area contributed by atoms with E-state index in [-0.39, 0.29) is 18.7 Å². The number of aromatic nitrogens is 2. The molecule has 2 N–H and O–H groups in total. The molecule has 0 spiro atoms. The summed E-state index contributed by atoms with van der Waals surface area (Å²) in [6, 6.07) is 6.58. The molecule has 0 aliphatic heterocycles. The molecule has 0 unspecified atom stereocenters. The van der Waals surface area contributed by atoms with Gasteiger partial charge in [0.25, 0.3) is 5.56 Å². The van der Waals surface area contributed by atoms with E-state index in [4.69, 9.17) is 16.3 Å². The number of hydrogen-bond donors (Lipinski definition) is 2. The number of ether oxygens (including phenoxy) is 1. The number of aromatic amines is 1. The second-order valence-electron chi connectivity index (χ2n) is 4.08. The lowest BCUT2D eigenvalue weighted by Gasteiger charge is -2.11. The normalized spacial score (nSPS) is 10.7. The van der Waals surface area contributed by atoms with Gasteiger partial charge in [0.15, 0.2) is 0 Å². The van der Waals surface area contributed by atoms with Crippen LogP contribution in [0.15, 0.2) is 33.9 Å². The summed E-state index contributed by atoms with van der Waals surface area (Å²) in [5.74, 6) is -0.427. The van der Waals surface area contributed by atoms with Gasteiger partial charge in [0.1, 0.15) is 5.56 Å². The molecule has 0 bridgehead atoms. The molecule has 0 amide bonds. The van der Waals surface area contributed by atoms with Crippen molar-refractivity contribution in [1.29, 1.82) is 0 Å². The number of aromatic hydroxyl groups is 1. The monoisotopic (exact) mass is 296 g/mol. The predicted octanol–water partition coefficient (Wildman–Crippen LogP) is 1.21. The fraction of sp³-hybridized carbons (Fsp3) is 0.231. The Morgan fingerprint density at radius 1 is 1.35 bits per heavy atom. The van der Waals surface area contributed by atoms with Crippen LogP contribution in [0.2, 0.25) is 5.02 Å². The van der Waals surface area contributed by atoms with Crippen LogP contribution in [0.25, 0.3) is 11.1 Å². The SMILES string of the molecule is COCCn1c(O)c(-c2ccccc2Cl)c(=O)[nH]c1=O. The number of rotatable bonds is 4. The van der Waals surface area contributed by atoms with E-state index in [9.17, 15) is 14.7 Å². The van der Waals surface area contributed by atoms with Crippen LogP contribution in [0.1, 0.15) is 0 Å². The van der Waals surface area contributed by atoms with Crippen LogP contribution in [0.4, 0.5) is 0 Å². The Kier molecular flexibility index (Phi) is 4.26. The lowest BCUT2D eigenvalue weighted by Crippen LogP contribution is -2.32. The number of halogens is 1. The summed E-state index contributed by atoms with van der Waals surface area (Å²) in [6.45, 7) is 0.344. The molecule has 0 saturated carbocycles. The summed E-state index contributed by atoms with van der Waals surface area (Å²) in [6.07, 6.45) is 0. The summed E-state index contributed by atoms with van der Waals surface area (Å²) in [7, 11) is 1.47. The lowest BCUT2D eigenvalue weighted by molar-refractivity contribution is 0.182. The largest absolute Gasteiger partial charge is 0.494 e. The number of hydrogen-bond acceptors (Lipinski definition) is 4. The average molecular weight is 297 g/mol. The average Bonchev–Trinajstić information content (AvgIpc) is 2.40. The van der Waals surface area contributed by atoms with Gasteiger partial charge in [-0.3, -0.25) is 14.3 Å². The van der Waals surface area contributed by atoms with Crippen LogP contribution in [0.3, 0.4) is 0 Å². The summed E-state index contributed by atoms with van der Waals surface area (Å²) in [5, 5.41) is 10.5. The molecule has 0 aliphatic rings. The smallest absolute Gasteiger partial charge is 0.331 e. The first-order chi connectivity index (χ1) is 9.56. The summed E-state index contributed by atoms with van der Waals surface area (Å²) < 4.78 is 5.90. The van der Waals surface area contributed by atoms with E-state index >= 15 is 0 Å². The first kappa shape index (κ1) is 14.4. The molecular formula is C13H13ClN2O4. The molecule has 2 aromatic rings. The van der Waals surface area contributed by atoms with Gasteiger partial charge in [-0.1, -0.05) is 29.8 Å². The third-order valence-electron chi connectivity index (χ3n) is 2.83. The Hall–Kier alpha value is -2.05. The minimum Gasteiger partial charge on any atom is -0.494 e. The fourth-order valence-corrected chi connectivity index (χ4v) is 2.09.